The molecule has 9 heteroatoms. The molecular weight excluding hydrogens is 290 g/mol. The average molecular weight is 307 g/mol. The van der Waals surface area contributed by atoms with E-state index in [1.165, 1.54) is 12.7 Å². The van der Waals surface area contributed by atoms with E-state index in [2.05, 4.69) is 20.3 Å². The number of nitrogens with one attached hydrogen (secondary N) is 1. The summed E-state index contributed by atoms with van der Waals surface area (Å²) in [4.78, 5) is 34.6. The van der Waals surface area contributed by atoms with Crippen molar-refractivity contribution in [3.05, 3.63) is 12.7 Å². The van der Waals surface area contributed by atoms with Crippen LogP contribution in [0, 0.1) is 0 Å². The molecule has 0 spiro atoms. The monoisotopic (exact) mass is 307 g/mol. The Bertz CT molecular complexity index is 704. The number of hydrogen-bond acceptors (Lipinski definition) is 6. The van der Waals surface area contributed by atoms with Crippen LogP contribution in [0.5, 0.6) is 0 Å². The quantitative estimate of drug-likeness (QED) is 0.881. The lowest BCUT2D eigenvalue weighted by Crippen LogP contribution is -2.27. The van der Waals surface area contributed by atoms with Gasteiger partial charge in [-0.05, 0) is 20.8 Å². The predicted octanol–water partition coefficient (Wildman–Crippen LogP) is 1.65. The third-order valence-electron chi connectivity index (χ3n) is 2.59. The largest absolute Gasteiger partial charge is 0.481 e. The Morgan fingerprint density at radius 1 is 1.32 bits per heavy atom. The van der Waals surface area contributed by atoms with Crippen LogP contribution < -0.4 is 5.32 Å². The lowest BCUT2D eigenvalue weighted by atomic mass is 10.2. The van der Waals surface area contributed by atoms with Crippen LogP contribution in [-0.4, -0.2) is 42.3 Å². The van der Waals surface area contributed by atoms with E-state index in [9.17, 15) is 9.59 Å². The van der Waals surface area contributed by atoms with Gasteiger partial charge in [-0.25, -0.2) is 19.7 Å². The number of carbonyl (C=O) groups is 2. The molecule has 0 saturated heterocycles. The van der Waals surface area contributed by atoms with E-state index in [-0.39, 0.29) is 18.8 Å². The van der Waals surface area contributed by atoms with Gasteiger partial charge in [-0.3, -0.25) is 10.1 Å². The third kappa shape index (κ3) is 3.90. The zero-order valence-electron chi connectivity index (χ0n) is 12.5. The Kier molecular flexibility index (Phi) is 4.25. The van der Waals surface area contributed by atoms with Crippen molar-refractivity contribution in [3.63, 3.8) is 0 Å². The minimum Gasteiger partial charge on any atom is -0.481 e. The number of fused-ring (bicyclic) bond motifs is 1. The Labute approximate surface area is 126 Å². The van der Waals surface area contributed by atoms with Crippen LogP contribution in [0.1, 0.15) is 27.2 Å². The second-order valence-electron chi connectivity index (χ2n) is 5.60. The lowest BCUT2D eigenvalue weighted by Gasteiger charge is -2.19. The van der Waals surface area contributed by atoms with Crippen molar-refractivity contribution in [2.75, 3.05) is 5.32 Å². The highest BCUT2D eigenvalue weighted by Crippen LogP contribution is 2.18. The van der Waals surface area contributed by atoms with Gasteiger partial charge in [0.05, 0.1) is 12.7 Å². The number of carbonyl (C=O) groups excluding carboxylic acids is 1. The molecule has 0 radical (unpaired) electrons. The maximum Gasteiger partial charge on any atom is 0.413 e. The van der Waals surface area contributed by atoms with Crippen molar-refractivity contribution < 1.29 is 19.4 Å². The van der Waals surface area contributed by atoms with Gasteiger partial charge in [0.15, 0.2) is 17.0 Å². The number of aryl methyl sites for hydroxylation is 1. The summed E-state index contributed by atoms with van der Waals surface area (Å²) >= 11 is 0. The summed E-state index contributed by atoms with van der Waals surface area (Å²) in [6, 6.07) is 0. The van der Waals surface area contributed by atoms with Crippen LogP contribution in [0.4, 0.5) is 10.6 Å². The van der Waals surface area contributed by atoms with Crippen LogP contribution in [0.15, 0.2) is 12.7 Å². The lowest BCUT2D eigenvalue weighted by molar-refractivity contribution is -0.137. The SMILES string of the molecule is CC(C)(C)OC(=O)Nc1ncnc2c1ncn2CCC(=O)O. The molecule has 2 aromatic rings. The van der Waals surface area contributed by atoms with Crippen LogP contribution in [-0.2, 0) is 16.1 Å². The molecule has 2 heterocycles. The first-order chi connectivity index (χ1) is 10.3. The van der Waals surface area contributed by atoms with Gasteiger partial charge in [0.2, 0.25) is 0 Å². The highest BCUT2D eigenvalue weighted by molar-refractivity contribution is 5.93. The molecular formula is C13H17N5O4. The van der Waals surface area contributed by atoms with Crippen LogP contribution in [0.3, 0.4) is 0 Å². The summed E-state index contributed by atoms with van der Waals surface area (Å²) in [6.07, 6.45) is 2.04. The summed E-state index contributed by atoms with van der Waals surface area (Å²) in [6.45, 7) is 5.49. The zero-order chi connectivity index (χ0) is 16.3. The van der Waals surface area contributed by atoms with Crippen LogP contribution in [0.2, 0.25) is 0 Å². The number of carboxylic acid groups (broad SMARTS) is 1. The summed E-state index contributed by atoms with van der Waals surface area (Å²) < 4.78 is 6.74. The minimum absolute atomic E-state index is 0.0513. The maximum atomic E-state index is 11.8. The number of ether oxygens (including phenoxy) is 1. The first kappa shape index (κ1) is 15.7. The Morgan fingerprint density at radius 3 is 2.68 bits per heavy atom. The standard InChI is InChI=1S/C13H17N5O4/c1-13(2,3)22-12(21)17-10-9-11(15-6-14-10)18(7-16-9)5-4-8(19)20/h6-7H,4-5H2,1-3H3,(H,19,20)(H,14,15,17,21). The van der Waals surface area contributed by atoms with E-state index < -0.39 is 17.7 Å². The Balaban J connectivity index is 2.21. The summed E-state index contributed by atoms with van der Waals surface area (Å²) in [5, 5.41) is 11.2. The van der Waals surface area contributed by atoms with Gasteiger partial charge in [-0.1, -0.05) is 0 Å². The molecule has 0 bridgehead atoms. The number of carboxylic acids is 1. The van der Waals surface area contributed by atoms with Gasteiger partial charge in [0, 0.05) is 6.54 Å². The number of aromatic nitrogens is 4. The molecule has 2 rings (SSSR count). The number of amides is 1. The van der Waals surface area contributed by atoms with Gasteiger partial charge < -0.3 is 14.4 Å². The Hall–Kier alpha value is -2.71. The predicted molar refractivity (Wildman–Crippen MR) is 77.4 cm³/mol. The molecule has 118 valence electrons. The van der Waals surface area contributed by atoms with Gasteiger partial charge in [-0.2, -0.15) is 0 Å². The molecule has 1 amide bonds. The highest BCUT2D eigenvalue weighted by Gasteiger charge is 2.18. The number of aliphatic carboxylic acids is 1. The van der Waals surface area contributed by atoms with E-state index in [4.69, 9.17) is 9.84 Å². The van der Waals surface area contributed by atoms with Crippen molar-refractivity contribution in [3.8, 4) is 0 Å². The highest BCUT2D eigenvalue weighted by atomic mass is 16.6. The maximum absolute atomic E-state index is 11.8. The summed E-state index contributed by atoms with van der Waals surface area (Å²) in [5.74, 6) is -0.698. The number of anilines is 1. The van der Waals surface area contributed by atoms with E-state index in [1.54, 1.807) is 25.3 Å². The molecule has 2 aromatic heterocycles. The first-order valence-electron chi connectivity index (χ1n) is 6.64. The minimum atomic E-state index is -0.914. The zero-order valence-corrected chi connectivity index (χ0v) is 12.5. The fraction of sp³-hybridized carbons (Fsp3) is 0.462. The topological polar surface area (TPSA) is 119 Å². The van der Waals surface area contributed by atoms with Crippen molar-refractivity contribution in [2.24, 2.45) is 0 Å². The van der Waals surface area contributed by atoms with Crippen LogP contribution >= 0.6 is 0 Å². The van der Waals surface area contributed by atoms with Gasteiger partial charge >= 0.3 is 12.1 Å². The van der Waals surface area contributed by atoms with Crippen molar-refractivity contribution in [1.29, 1.82) is 0 Å². The van der Waals surface area contributed by atoms with Crippen molar-refractivity contribution in [1.82, 2.24) is 19.5 Å². The molecule has 0 atom stereocenters. The fourth-order valence-corrected chi connectivity index (χ4v) is 1.75. The molecule has 0 aromatic carbocycles. The summed E-state index contributed by atoms with van der Waals surface area (Å²) in [5.41, 5.74) is 0.193. The van der Waals surface area contributed by atoms with E-state index in [0.717, 1.165) is 0 Å². The Morgan fingerprint density at radius 2 is 2.05 bits per heavy atom. The molecule has 0 unspecified atom stereocenters. The van der Waals surface area contributed by atoms with Gasteiger partial charge in [0.1, 0.15) is 11.9 Å². The van der Waals surface area contributed by atoms with E-state index in [1.807, 2.05) is 0 Å². The molecule has 22 heavy (non-hydrogen) atoms. The van der Waals surface area contributed by atoms with E-state index in [0.29, 0.717) is 11.2 Å². The second kappa shape index (κ2) is 5.96. The molecule has 0 aliphatic rings. The fourth-order valence-electron chi connectivity index (χ4n) is 1.75. The van der Waals surface area contributed by atoms with Gasteiger partial charge in [0.25, 0.3) is 0 Å². The molecule has 0 aliphatic carbocycles. The normalized spacial score (nSPS) is 11.4. The summed E-state index contributed by atoms with van der Waals surface area (Å²) in [7, 11) is 0. The van der Waals surface area contributed by atoms with Crippen LogP contribution in [0.25, 0.3) is 11.2 Å². The molecule has 0 saturated carbocycles. The van der Waals surface area contributed by atoms with E-state index >= 15 is 0 Å². The smallest absolute Gasteiger partial charge is 0.413 e. The molecule has 2 N–H and O–H groups in total. The number of hydrogen-bond donors (Lipinski definition) is 2. The van der Waals surface area contributed by atoms with Crippen molar-refractivity contribution >= 4 is 29.0 Å². The third-order valence-corrected chi connectivity index (χ3v) is 2.59. The van der Waals surface area contributed by atoms with Crippen molar-refractivity contribution in [2.45, 2.75) is 39.3 Å². The second-order valence-corrected chi connectivity index (χ2v) is 5.60. The number of nitrogens with zero attached hydrogens (tertiary/aromatic N) is 4. The molecule has 0 aliphatic heterocycles. The average Bonchev–Trinajstić information content (AvgIpc) is 2.78. The molecule has 0 fully saturated rings. The van der Waals surface area contributed by atoms with Gasteiger partial charge in [-0.15, -0.1) is 0 Å². The number of imidazole rings is 1. The molecule has 9 nitrogen and oxygen atoms in total. The number of rotatable bonds is 4. The first-order valence-corrected chi connectivity index (χ1v) is 6.64.